The zero-order chi connectivity index (χ0) is 16.4. The molecule has 0 fully saturated rings. The van der Waals surface area contributed by atoms with Crippen molar-refractivity contribution in [3.8, 4) is 17.1 Å². The van der Waals surface area contributed by atoms with Crippen molar-refractivity contribution in [2.24, 2.45) is 0 Å². The van der Waals surface area contributed by atoms with E-state index in [1.165, 1.54) is 6.20 Å². The van der Waals surface area contributed by atoms with E-state index in [4.69, 9.17) is 23.2 Å². The molecule has 7 heteroatoms. The molecular formula is C16H20Cl2N2OPdSi. The number of hydrogen-bond acceptors (Lipinski definition) is 3. The van der Waals surface area contributed by atoms with Crippen molar-refractivity contribution in [2.75, 3.05) is 0 Å². The molecule has 0 aromatic carbocycles. The van der Waals surface area contributed by atoms with Gasteiger partial charge in [0.25, 0.3) is 0 Å². The van der Waals surface area contributed by atoms with Gasteiger partial charge in [-0.1, -0.05) is 50.9 Å². The molecule has 128 valence electrons. The van der Waals surface area contributed by atoms with E-state index >= 15 is 0 Å². The summed E-state index contributed by atoms with van der Waals surface area (Å²) in [6.07, 6.45) is 2.99. The van der Waals surface area contributed by atoms with Gasteiger partial charge in [0.1, 0.15) is 5.75 Å². The smallest absolute Gasteiger partial charge is 0.133 e. The van der Waals surface area contributed by atoms with E-state index in [9.17, 15) is 5.11 Å². The van der Waals surface area contributed by atoms with Gasteiger partial charge in [-0.3, -0.25) is 9.97 Å². The first-order valence-electron chi connectivity index (χ1n) is 7.32. The van der Waals surface area contributed by atoms with Gasteiger partial charge in [0, 0.05) is 26.6 Å². The number of aromatic nitrogens is 2. The van der Waals surface area contributed by atoms with Crippen molar-refractivity contribution in [1.82, 2.24) is 9.97 Å². The van der Waals surface area contributed by atoms with Crippen LogP contribution in [0.4, 0.5) is 0 Å². The molecule has 2 heterocycles. The molecule has 0 unspecified atom stereocenters. The van der Waals surface area contributed by atoms with Crippen molar-refractivity contribution in [3.05, 3.63) is 34.6 Å². The summed E-state index contributed by atoms with van der Waals surface area (Å²) in [6, 6.07) is 3.37. The van der Waals surface area contributed by atoms with E-state index in [-0.39, 0.29) is 26.2 Å². The Morgan fingerprint density at radius 3 is 2.09 bits per heavy atom. The topological polar surface area (TPSA) is 46.0 Å². The predicted molar refractivity (Wildman–Crippen MR) is 96.1 cm³/mol. The van der Waals surface area contributed by atoms with Gasteiger partial charge >= 0.3 is 0 Å². The summed E-state index contributed by atoms with van der Waals surface area (Å²) in [5.74, 6) is 0.131. The second-order valence-corrected chi connectivity index (χ2v) is 11.2. The minimum absolute atomic E-state index is 0. The van der Waals surface area contributed by atoms with Crippen LogP contribution in [0.25, 0.3) is 11.4 Å². The molecule has 0 aliphatic rings. The summed E-state index contributed by atoms with van der Waals surface area (Å²) >= 11 is 12.8. The summed E-state index contributed by atoms with van der Waals surface area (Å²) in [4.78, 5) is 8.79. The quantitative estimate of drug-likeness (QED) is 0.686. The maximum Gasteiger partial charge on any atom is 0.133 e. The van der Waals surface area contributed by atoms with Gasteiger partial charge in [0.2, 0.25) is 0 Å². The van der Waals surface area contributed by atoms with Crippen LogP contribution in [0.2, 0.25) is 21.1 Å². The van der Waals surface area contributed by atoms with Crippen LogP contribution in [0.15, 0.2) is 24.5 Å². The van der Waals surface area contributed by atoms with E-state index in [2.05, 4.69) is 37.7 Å². The van der Waals surface area contributed by atoms with Crippen LogP contribution in [0.5, 0.6) is 5.75 Å². The summed E-state index contributed by atoms with van der Waals surface area (Å²) < 4.78 is 0. The van der Waals surface area contributed by atoms with E-state index in [1.807, 2.05) is 0 Å². The molecule has 0 amide bonds. The van der Waals surface area contributed by atoms with Gasteiger partial charge in [0.15, 0.2) is 0 Å². The van der Waals surface area contributed by atoms with Crippen LogP contribution in [-0.2, 0) is 20.4 Å². The van der Waals surface area contributed by atoms with E-state index in [1.54, 1.807) is 18.3 Å². The molecule has 0 aliphatic heterocycles. The van der Waals surface area contributed by atoms with E-state index in [0.717, 1.165) is 10.9 Å². The van der Waals surface area contributed by atoms with Gasteiger partial charge in [-0.25, -0.2) is 0 Å². The van der Waals surface area contributed by atoms with Crippen molar-refractivity contribution in [1.29, 1.82) is 0 Å². The molecule has 23 heavy (non-hydrogen) atoms. The Morgan fingerprint density at radius 1 is 1.00 bits per heavy atom. The monoisotopic (exact) mass is 460 g/mol. The fourth-order valence-electron chi connectivity index (χ4n) is 2.95. The normalized spacial score (nSPS) is 11.2. The first kappa shape index (κ1) is 20.6. The molecule has 0 atom stereocenters. The third-order valence-corrected chi connectivity index (χ3v) is 8.84. The maximum atomic E-state index is 9.44. The molecule has 0 saturated carbocycles. The number of rotatable bonds is 4. The number of halogens is 2. The summed E-state index contributed by atoms with van der Waals surface area (Å²) in [6.45, 7) is 8.90. The number of nitrogens with zero attached hydrogens (tertiary/aromatic N) is 2. The van der Waals surface area contributed by atoms with Crippen LogP contribution in [0, 0.1) is 0 Å². The molecule has 1 N–H and O–H groups in total. The zero-order valence-electron chi connectivity index (χ0n) is 13.5. The van der Waals surface area contributed by atoms with Gasteiger partial charge in [-0.15, -0.1) is 0 Å². The Morgan fingerprint density at radius 2 is 1.61 bits per heavy atom. The first-order valence-corrected chi connectivity index (χ1v) is 9.98. The molecule has 0 spiro atoms. The van der Waals surface area contributed by atoms with E-state index < -0.39 is 8.80 Å². The minimum atomic E-state index is -1.41. The number of pyridine rings is 2. The van der Waals surface area contributed by atoms with Gasteiger partial charge in [-0.2, -0.15) is 0 Å². The molecule has 2 aromatic rings. The van der Waals surface area contributed by atoms with Gasteiger partial charge < -0.3 is 5.11 Å². The summed E-state index contributed by atoms with van der Waals surface area (Å²) in [7, 11) is -1.41. The molecule has 0 radical (unpaired) electrons. The zero-order valence-corrected chi connectivity index (χ0v) is 17.7. The Bertz CT molecular complexity index is 658. The summed E-state index contributed by atoms with van der Waals surface area (Å²) in [5, 5.41) is 11.6. The fraction of sp³-hybridized carbons (Fsp3) is 0.375. The van der Waals surface area contributed by atoms with Gasteiger partial charge in [0.05, 0.1) is 36.4 Å². The molecule has 3 nitrogen and oxygen atoms in total. The second-order valence-electron chi connectivity index (χ2n) is 6.10. The third-order valence-electron chi connectivity index (χ3n) is 3.77. The van der Waals surface area contributed by atoms with Crippen molar-refractivity contribution >= 4 is 37.2 Å². The van der Waals surface area contributed by atoms with Crippen molar-refractivity contribution in [2.45, 2.75) is 38.8 Å². The van der Waals surface area contributed by atoms with Crippen LogP contribution in [0.1, 0.15) is 27.7 Å². The Balaban J connectivity index is 0.00000264. The Kier molecular flexibility index (Phi) is 7.70. The molecule has 0 bridgehead atoms. The fourth-order valence-corrected chi connectivity index (χ4v) is 7.57. The summed E-state index contributed by atoms with van der Waals surface area (Å²) in [5.41, 5.74) is 2.54. The first-order chi connectivity index (χ1) is 10.3. The van der Waals surface area contributed by atoms with Crippen LogP contribution in [0.3, 0.4) is 0 Å². The molecule has 0 saturated heterocycles. The SMILES string of the molecule is CC(C)[SiH](c1c(-c2ccc(O)cn2)ncc(Cl)c1Cl)C(C)C.[Pd]. The maximum absolute atomic E-state index is 9.44. The third kappa shape index (κ3) is 4.55. The standard InChI is InChI=1S/C16H20Cl2N2OSi.Pd/c1-9(2)22(10(3)4)16-14(18)12(17)8-20-15(16)13-6-5-11(21)7-19-13;/h5-10,21-22H,1-4H3;. The predicted octanol–water partition coefficient (Wildman–Crippen LogP) is 4.41. The van der Waals surface area contributed by atoms with Crippen LogP contribution < -0.4 is 5.19 Å². The van der Waals surface area contributed by atoms with Crippen molar-refractivity contribution in [3.63, 3.8) is 0 Å². The van der Waals surface area contributed by atoms with Crippen LogP contribution >= 0.6 is 23.2 Å². The second kappa shape index (κ2) is 8.60. The Hall–Kier alpha value is -0.441. The molecule has 2 aromatic heterocycles. The van der Waals surface area contributed by atoms with Crippen molar-refractivity contribution < 1.29 is 25.5 Å². The largest absolute Gasteiger partial charge is 0.506 e. The molecule has 0 aliphatic carbocycles. The molecule has 2 rings (SSSR count). The van der Waals surface area contributed by atoms with Gasteiger partial charge in [-0.05, 0) is 28.4 Å². The Labute approximate surface area is 162 Å². The average Bonchev–Trinajstić information content (AvgIpc) is 2.44. The van der Waals surface area contributed by atoms with E-state index in [0.29, 0.717) is 26.8 Å². The minimum Gasteiger partial charge on any atom is -0.506 e. The van der Waals surface area contributed by atoms with Crippen LogP contribution in [-0.4, -0.2) is 23.9 Å². The number of aromatic hydroxyl groups is 1. The average molecular weight is 462 g/mol. The molecular weight excluding hydrogens is 442 g/mol. The number of hydrogen-bond donors (Lipinski definition) is 1.